The first-order valence-electron chi connectivity index (χ1n) is 15.2. The monoisotopic (exact) mass is 616 g/mol. The number of amides is 1. The van der Waals surface area contributed by atoms with E-state index in [9.17, 15) is 14.4 Å². The highest BCUT2D eigenvalue weighted by Crippen LogP contribution is 2.51. The van der Waals surface area contributed by atoms with Gasteiger partial charge in [-0.1, -0.05) is 133 Å². The van der Waals surface area contributed by atoms with E-state index in [1.165, 1.54) is 0 Å². The van der Waals surface area contributed by atoms with Crippen LogP contribution in [0, 0.1) is 0 Å². The number of hydrogen-bond acceptors (Lipinski definition) is 6. The molecule has 0 aliphatic carbocycles. The number of rotatable bonds is 13. The van der Waals surface area contributed by atoms with Crippen molar-refractivity contribution in [2.75, 3.05) is 6.54 Å². The molecule has 0 saturated carbocycles. The van der Waals surface area contributed by atoms with Crippen molar-refractivity contribution < 1.29 is 23.5 Å². The van der Waals surface area contributed by atoms with Crippen molar-refractivity contribution in [3.63, 3.8) is 0 Å². The summed E-state index contributed by atoms with van der Waals surface area (Å²) in [6.07, 6.45) is 0.601. The molecule has 0 aliphatic heterocycles. The van der Waals surface area contributed by atoms with E-state index >= 15 is 0 Å². The zero-order chi connectivity index (χ0) is 32.4. The highest BCUT2D eigenvalue weighted by Gasteiger charge is 2.54. The first kappa shape index (κ1) is 34.7. The quantitative estimate of drug-likeness (QED) is 0.171. The molecule has 2 N–H and O–H groups in total. The maximum Gasteiger partial charge on any atom is 0.320 e. The lowest BCUT2D eigenvalue weighted by Crippen LogP contribution is -2.58. The van der Waals surface area contributed by atoms with E-state index < -0.39 is 38.2 Å². The van der Waals surface area contributed by atoms with Gasteiger partial charge in [-0.25, -0.2) is 0 Å². The number of nitrogens with one attached hydrogen (secondary N) is 2. The number of carbonyl (C=O) groups is 3. The largest absolute Gasteiger partial charge is 0.517 e. The lowest BCUT2D eigenvalue weighted by atomic mass is 10.0. The number of ether oxygens (including phenoxy) is 1. The predicted octanol–water partition coefficient (Wildman–Crippen LogP) is 6.38. The Bertz CT molecular complexity index is 1340. The zero-order valence-electron chi connectivity index (χ0n) is 27.2. The fourth-order valence-corrected chi connectivity index (χ4v) is 8.53. The molecule has 0 radical (unpaired) electrons. The molecule has 3 aromatic rings. The van der Waals surface area contributed by atoms with Crippen LogP contribution in [0.25, 0.3) is 0 Å². The van der Waals surface area contributed by atoms with E-state index in [1.807, 2.05) is 91.0 Å². The molecule has 3 aromatic carbocycles. The minimum atomic E-state index is -2.68. The first-order valence-corrected chi connectivity index (χ1v) is 17.6. The Kier molecular flexibility index (Phi) is 12.1. The van der Waals surface area contributed by atoms with E-state index in [2.05, 4.69) is 58.7 Å². The van der Waals surface area contributed by atoms with Crippen LogP contribution in [0.15, 0.2) is 91.0 Å². The fraction of sp³-hybridized carbons (Fsp3) is 0.417. The summed E-state index contributed by atoms with van der Waals surface area (Å²) in [4.78, 5) is 40.5. The summed E-state index contributed by atoms with van der Waals surface area (Å²) in [5.41, 5.74) is 2.70. The van der Waals surface area contributed by atoms with Crippen LogP contribution < -0.4 is 10.6 Å². The molecule has 0 aliphatic rings. The van der Waals surface area contributed by atoms with Gasteiger partial charge in [0, 0.05) is 6.42 Å². The molecule has 1 amide bonds. The lowest BCUT2D eigenvalue weighted by Gasteiger charge is -2.48. The first-order chi connectivity index (χ1) is 20.7. The van der Waals surface area contributed by atoms with Crippen LogP contribution in [0.4, 0.5) is 0 Å². The zero-order valence-corrected chi connectivity index (χ0v) is 28.2. The van der Waals surface area contributed by atoms with Gasteiger partial charge in [0.25, 0.3) is 8.32 Å². The molecule has 0 unspecified atom stereocenters. The van der Waals surface area contributed by atoms with Crippen LogP contribution in [0.2, 0.25) is 16.6 Å². The fourth-order valence-electron chi connectivity index (χ4n) is 5.12. The Morgan fingerprint density at radius 1 is 0.682 bits per heavy atom. The normalized spacial score (nSPS) is 13.4. The van der Waals surface area contributed by atoms with Crippen LogP contribution in [-0.2, 0) is 43.0 Å². The van der Waals surface area contributed by atoms with Gasteiger partial charge in [0.05, 0.1) is 12.6 Å². The van der Waals surface area contributed by atoms with Gasteiger partial charge in [0.1, 0.15) is 12.6 Å². The summed E-state index contributed by atoms with van der Waals surface area (Å²) in [6, 6.07) is 26.9. The van der Waals surface area contributed by atoms with Gasteiger partial charge in [-0.05, 0) is 39.7 Å². The molecule has 44 heavy (non-hydrogen) atoms. The van der Waals surface area contributed by atoms with Crippen molar-refractivity contribution in [1.29, 1.82) is 0 Å². The number of esters is 1. The Labute approximate surface area is 263 Å². The van der Waals surface area contributed by atoms with Gasteiger partial charge in [0.15, 0.2) is 0 Å². The van der Waals surface area contributed by atoms with E-state index in [1.54, 1.807) is 0 Å². The number of hydrogen-bond donors (Lipinski definition) is 2. The highest BCUT2D eigenvalue weighted by molar-refractivity contribution is 6.79. The van der Waals surface area contributed by atoms with E-state index in [4.69, 9.17) is 9.16 Å². The maximum absolute atomic E-state index is 14.0. The third-order valence-corrected chi connectivity index (χ3v) is 14.7. The Balaban J connectivity index is 1.81. The average Bonchev–Trinajstić information content (AvgIpc) is 2.98. The molecule has 8 heteroatoms. The number of benzene rings is 3. The van der Waals surface area contributed by atoms with Crippen LogP contribution in [0.1, 0.15) is 58.2 Å². The second kappa shape index (κ2) is 15.3. The molecule has 0 spiro atoms. The third kappa shape index (κ3) is 9.89. The SMILES string of the molecule is CC(C)(C)[Si](C)(OC(=O)[C@H](Cc1ccccc1)NC(=O)[C@H](Cc1ccccc1)NCC(=O)OCc1ccccc1)C(C)(C)C. The molecule has 0 fully saturated rings. The van der Waals surface area contributed by atoms with Crippen LogP contribution in [-0.4, -0.2) is 44.8 Å². The summed E-state index contributed by atoms with van der Waals surface area (Å²) in [6.45, 7) is 14.7. The van der Waals surface area contributed by atoms with Crippen molar-refractivity contribution >= 4 is 26.2 Å². The maximum atomic E-state index is 14.0. The smallest absolute Gasteiger partial charge is 0.320 e. The van der Waals surface area contributed by atoms with Gasteiger partial charge < -0.3 is 14.5 Å². The molecule has 2 atom stereocenters. The Hall–Kier alpha value is -3.75. The molecule has 3 rings (SSSR count). The number of carbonyl (C=O) groups excluding carboxylic acids is 3. The van der Waals surface area contributed by atoms with Crippen LogP contribution >= 0.6 is 0 Å². The van der Waals surface area contributed by atoms with Crippen molar-refractivity contribution in [1.82, 2.24) is 10.6 Å². The van der Waals surface area contributed by atoms with Gasteiger partial charge in [0.2, 0.25) is 5.91 Å². The molecular weight excluding hydrogens is 568 g/mol. The summed E-state index contributed by atoms with van der Waals surface area (Å²) >= 11 is 0. The standard InChI is InChI=1S/C36H48N2O5Si/c1-35(2,3)44(7,36(4,5)6)43-34(41)31(24-28-19-13-9-14-20-28)38-33(40)30(23-27-17-11-8-12-18-27)37-25-32(39)42-26-29-21-15-10-16-22-29/h8-22,30-31,37H,23-26H2,1-7H3,(H,38,40)/t30-,31-/m0/s1. The van der Waals surface area contributed by atoms with E-state index in [0.29, 0.717) is 6.42 Å². The molecule has 0 aromatic heterocycles. The Morgan fingerprint density at radius 3 is 1.57 bits per heavy atom. The predicted molar refractivity (Wildman–Crippen MR) is 177 cm³/mol. The van der Waals surface area contributed by atoms with Crippen LogP contribution in [0.3, 0.4) is 0 Å². The highest BCUT2D eigenvalue weighted by atomic mass is 28.4. The van der Waals surface area contributed by atoms with Crippen molar-refractivity contribution in [2.24, 2.45) is 0 Å². The minimum Gasteiger partial charge on any atom is -0.517 e. The van der Waals surface area contributed by atoms with Crippen molar-refractivity contribution in [3.8, 4) is 0 Å². The van der Waals surface area contributed by atoms with E-state index in [0.717, 1.165) is 16.7 Å². The summed E-state index contributed by atoms with van der Waals surface area (Å²) in [5, 5.41) is 5.59. The van der Waals surface area contributed by atoms with Crippen molar-refractivity contribution in [2.45, 2.75) is 89.7 Å². The second-order valence-corrected chi connectivity index (χ2v) is 18.7. The topological polar surface area (TPSA) is 93.7 Å². The average molecular weight is 617 g/mol. The molecule has 7 nitrogen and oxygen atoms in total. The minimum absolute atomic E-state index is 0.145. The second-order valence-electron chi connectivity index (χ2n) is 13.5. The lowest BCUT2D eigenvalue weighted by molar-refractivity contribution is -0.144. The van der Waals surface area contributed by atoms with Crippen LogP contribution in [0.5, 0.6) is 0 Å². The summed E-state index contributed by atoms with van der Waals surface area (Å²) < 4.78 is 11.9. The molecule has 236 valence electrons. The third-order valence-electron chi connectivity index (χ3n) is 8.39. The summed E-state index contributed by atoms with van der Waals surface area (Å²) in [7, 11) is -2.68. The van der Waals surface area contributed by atoms with Gasteiger partial charge in [-0.3, -0.25) is 19.7 Å². The molecule has 0 bridgehead atoms. The summed E-state index contributed by atoms with van der Waals surface area (Å²) in [5.74, 6) is -1.31. The Morgan fingerprint density at radius 2 is 1.11 bits per heavy atom. The molecule has 0 saturated heterocycles. The molecular formula is C36H48N2O5Si. The van der Waals surface area contributed by atoms with Gasteiger partial charge >= 0.3 is 11.9 Å². The van der Waals surface area contributed by atoms with E-state index in [-0.39, 0.29) is 29.6 Å². The van der Waals surface area contributed by atoms with Crippen molar-refractivity contribution in [3.05, 3.63) is 108 Å². The molecule has 0 heterocycles. The van der Waals surface area contributed by atoms with Gasteiger partial charge in [-0.2, -0.15) is 0 Å². The van der Waals surface area contributed by atoms with Gasteiger partial charge in [-0.15, -0.1) is 0 Å².